The molecule has 0 radical (unpaired) electrons. The summed E-state index contributed by atoms with van der Waals surface area (Å²) < 4.78 is 0. The molecule has 0 nitrogen and oxygen atoms in total. The summed E-state index contributed by atoms with van der Waals surface area (Å²) in [6.07, 6.45) is 3.08. The lowest BCUT2D eigenvalue weighted by atomic mass is 10.1. The zero-order valence-electron chi connectivity index (χ0n) is 7.78. The molecule has 0 N–H and O–H groups in total. The maximum atomic E-state index is 3.28. The van der Waals surface area contributed by atoms with Crippen LogP contribution in [0.15, 0.2) is 53.5 Å². The van der Waals surface area contributed by atoms with Gasteiger partial charge in [-0.3, -0.25) is 0 Å². The van der Waals surface area contributed by atoms with Crippen LogP contribution in [0.3, 0.4) is 0 Å². The topological polar surface area (TPSA) is 0 Å². The maximum absolute atomic E-state index is 3.28. The fraction of sp³-hybridized carbons (Fsp3) is 0.0769. The van der Waals surface area contributed by atoms with E-state index in [2.05, 4.69) is 64.5 Å². The third kappa shape index (κ3) is 2.05. The van der Waals surface area contributed by atoms with Crippen molar-refractivity contribution in [2.24, 2.45) is 0 Å². The van der Waals surface area contributed by atoms with E-state index in [4.69, 9.17) is 0 Å². The molecule has 0 aliphatic heterocycles. The third-order valence-electron chi connectivity index (χ3n) is 2.26. The van der Waals surface area contributed by atoms with Gasteiger partial charge in [-0.1, -0.05) is 64.5 Å². The summed E-state index contributed by atoms with van der Waals surface area (Å²) in [5.74, 6) is 0. The Balaban J connectivity index is 2.41. The van der Waals surface area contributed by atoms with Crippen LogP contribution in [-0.4, -0.2) is 0 Å². The molecule has 0 atom stereocenters. The average molecular weight is 247 g/mol. The molecule has 0 bridgehead atoms. The van der Waals surface area contributed by atoms with Crippen molar-refractivity contribution in [2.75, 3.05) is 0 Å². The zero-order chi connectivity index (χ0) is 9.80. The SMILES string of the molecule is Br/C=C/Cc1ccc2ccccc2c1. The predicted octanol–water partition coefficient (Wildman–Crippen LogP) is 4.29. The summed E-state index contributed by atoms with van der Waals surface area (Å²) in [4.78, 5) is 1.90. The van der Waals surface area contributed by atoms with Crippen molar-refractivity contribution in [3.8, 4) is 0 Å². The molecule has 0 saturated heterocycles. The number of fused-ring (bicyclic) bond motifs is 1. The molecule has 1 heteroatoms. The fourth-order valence-corrected chi connectivity index (χ4v) is 1.73. The summed E-state index contributed by atoms with van der Waals surface area (Å²) in [6, 6.07) is 15.0. The van der Waals surface area contributed by atoms with E-state index in [0.717, 1.165) is 6.42 Å². The van der Waals surface area contributed by atoms with Gasteiger partial charge in [0.25, 0.3) is 0 Å². The van der Waals surface area contributed by atoms with Crippen LogP contribution in [0, 0.1) is 0 Å². The quantitative estimate of drug-likeness (QED) is 0.742. The zero-order valence-corrected chi connectivity index (χ0v) is 9.37. The molecular weight excluding hydrogens is 236 g/mol. The normalized spacial score (nSPS) is 11.2. The molecule has 2 aromatic rings. The Hall–Kier alpha value is -1.08. The van der Waals surface area contributed by atoms with Crippen molar-refractivity contribution in [1.82, 2.24) is 0 Å². The molecule has 0 fully saturated rings. The Morgan fingerprint density at radius 1 is 1.00 bits per heavy atom. The first-order valence-electron chi connectivity index (χ1n) is 4.63. The van der Waals surface area contributed by atoms with Crippen LogP contribution >= 0.6 is 15.9 Å². The second kappa shape index (κ2) is 4.43. The van der Waals surface area contributed by atoms with Gasteiger partial charge in [-0.05, 0) is 27.7 Å². The lowest BCUT2D eigenvalue weighted by molar-refractivity contribution is 1.29. The molecule has 0 aliphatic rings. The summed E-state index contributed by atoms with van der Waals surface area (Å²) in [6.45, 7) is 0. The van der Waals surface area contributed by atoms with E-state index in [1.807, 2.05) is 4.99 Å². The number of hydrogen-bond acceptors (Lipinski definition) is 0. The Labute approximate surface area is 92.4 Å². The molecule has 0 spiro atoms. The first-order chi connectivity index (χ1) is 6.90. The highest BCUT2D eigenvalue weighted by Gasteiger charge is 1.93. The molecular formula is C13H11Br. The predicted molar refractivity (Wildman–Crippen MR) is 65.7 cm³/mol. The maximum Gasteiger partial charge on any atom is -0.00890 e. The average Bonchev–Trinajstić information content (AvgIpc) is 2.26. The highest BCUT2D eigenvalue weighted by molar-refractivity contribution is 9.11. The smallest absolute Gasteiger partial charge is 0.00890 e. The van der Waals surface area contributed by atoms with E-state index in [1.54, 1.807) is 0 Å². The van der Waals surface area contributed by atoms with Gasteiger partial charge in [0.15, 0.2) is 0 Å². The second-order valence-corrected chi connectivity index (χ2v) is 3.78. The van der Waals surface area contributed by atoms with Gasteiger partial charge < -0.3 is 0 Å². The van der Waals surface area contributed by atoms with Crippen LogP contribution in [0.2, 0.25) is 0 Å². The van der Waals surface area contributed by atoms with Crippen molar-refractivity contribution in [3.05, 3.63) is 59.1 Å². The lowest BCUT2D eigenvalue weighted by Gasteiger charge is -2.00. The number of halogens is 1. The molecule has 2 aromatic carbocycles. The van der Waals surface area contributed by atoms with Gasteiger partial charge in [-0.15, -0.1) is 0 Å². The minimum Gasteiger partial charge on any atom is -0.0732 e. The van der Waals surface area contributed by atoms with E-state index >= 15 is 0 Å². The Morgan fingerprint density at radius 2 is 1.79 bits per heavy atom. The second-order valence-electron chi connectivity index (χ2n) is 3.25. The van der Waals surface area contributed by atoms with Gasteiger partial charge in [0.1, 0.15) is 0 Å². The Morgan fingerprint density at radius 3 is 2.57 bits per heavy atom. The fourth-order valence-electron chi connectivity index (χ4n) is 1.55. The standard InChI is InChI=1S/C13H11Br/c14-9-3-4-11-7-8-12-5-1-2-6-13(12)10-11/h1-3,5-10H,4H2/b9-3+. The third-order valence-corrected chi connectivity index (χ3v) is 2.63. The van der Waals surface area contributed by atoms with Crippen molar-refractivity contribution in [3.63, 3.8) is 0 Å². The summed E-state index contributed by atoms with van der Waals surface area (Å²) in [5.41, 5.74) is 1.35. The first kappa shape index (κ1) is 9.47. The summed E-state index contributed by atoms with van der Waals surface area (Å²) >= 11 is 3.28. The summed E-state index contributed by atoms with van der Waals surface area (Å²) in [5, 5.41) is 2.62. The van der Waals surface area contributed by atoms with Crippen LogP contribution in [-0.2, 0) is 6.42 Å². The molecule has 2 rings (SSSR count). The highest BCUT2D eigenvalue weighted by atomic mass is 79.9. The van der Waals surface area contributed by atoms with Crippen LogP contribution < -0.4 is 0 Å². The number of benzene rings is 2. The Bertz CT molecular complexity index is 457. The minimum atomic E-state index is 0.982. The van der Waals surface area contributed by atoms with Crippen LogP contribution in [0.5, 0.6) is 0 Å². The monoisotopic (exact) mass is 246 g/mol. The molecule has 0 heterocycles. The van der Waals surface area contributed by atoms with E-state index in [-0.39, 0.29) is 0 Å². The molecule has 0 unspecified atom stereocenters. The molecule has 0 saturated carbocycles. The Kier molecular flexibility index (Phi) is 3.00. The van der Waals surface area contributed by atoms with E-state index in [1.165, 1.54) is 16.3 Å². The van der Waals surface area contributed by atoms with Gasteiger partial charge in [0, 0.05) is 0 Å². The number of allylic oxidation sites excluding steroid dienone is 1. The largest absolute Gasteiger partial charge is 0.0732 e. The van der Waals surface area contributed by atoms with E-state index in [9.17, 15) is 0 Å². The first-order valence-corrected chi connectivity index (χ1v) is 5.54. The number of hydrogen-bond donors (Lipinski definition) is 0. The van der Waals surface area contributed by atoms with E-state index < -0.39 is 0 Å². The van der Waals surface area contributed by atoms with Crippen LogP contribution in [0.1, 0.15) is 5.56 Å². The van der Waals surface area contributed by atoms with Gasteiger partial charge in [-0.2, -0.15) is 0 Å². The van der Waals surface area contributed by atoms with Crippen LogP contribution in [0.25, 0.3) is 10.8 Å². The molecule has 0 aromatic heterocycles. The molecule has 0 amide bonds. The van der Waals surface area contributed by atoms with Gasteiger partial charge >= 0.3 is 0 Å². The molecule has 14 heavy (non-hydrogen) atoms. The van der Waals surface area contributed by atoms with E-state index in [0.29, 0.717) is 0 Å². The molecule has 0 aliphatic carbocycles. The minimum absolute atomic E-state index is 0.982. The van der Waals surface area contributed by atoms with Crippen molar-refractivity contribution < 1.29 is 0 Å². The van der Waals surface area contributed by atoms with Crippen LogP contribution in [0.4, 0.5) is 0 Å². The molecule has 70 valence electrons. The highest BCUT2D eigenvalue weighted by Crippen LogP contribution is 2.16. The number of rotatable bonds is 2. The summed E-state index contributed by atoms with van der Waals surface area (Å²) in [7, 11) is 0. The van der Waals surface area contributed by atoms with Crippen molar-refractivity contribution >= 4 is 26.7 Å². The van der Waals surface area contributed by atoms with Gasteiger partial charge in [0.05, 0.1) is 0 Å². The van der Waals surface area contributed by atoms with Gasteiger partial charge in [-0.25, -0.2) is 0 Å². The lowest BCUT2D eigenvalue weighted by Crippen LogP contribution is -1.80. The van der Waals surface area contributed by atoms with Crippen molar-refractivity contribution in [2.45, 2.75) is 6.42 Å². The van der Waals surface area contributed by atoms with Crippen molar-refractivity contribution in [1.29, 1.82) is 0 Å². The van der Waals surface area contributed by atoms with Gasteiger partial charge in [0.2, 0.25) is 0 Å².